The van der Waals surface area contributed by atoms with Crippen LogP contribution in [0.25, 0.3) is 0 Å². The van der Waals surface area contributed by atoms with Crippen LogP contribution in [0.2, 0.25) is 10.0 Å². The quantitative estimate of drug-likeness (QED) is 0.332. The summed E-state index contributed by atoms with van der Waals surface area (Å²) < 4.78 is 5.25. The molecule has 3 aromatic carbocycles. The number of hydrogen-bond donors (Lipinski definition) is 1. The molecule has 2 amide bonds. The Hall–Kier alpha value is -3.02. The molecule has 0 spiro atoms. The van der Waals surface area contributed by atoms with Gasteiger partial charge in [-0.15, -0.1) is 0 Å². The number of ether oxygens (including phenoxy) is 1. The van der Waals surface area contributed by atoms with Crippen molar-refractivity contribution in [3.05, 3.63) is 99.5 Å². The van der Waals surface area contributed by atoms with Gasteiger partial charge in [-0.25, -0.2) is 0 Å². The lowest BCUT2D eigenvalue weighted by Gasteiger charge is -2.32. The molecule has 3 aromatic rings. The largest absolute Gasteiger partial charge is 0.497 e. The van der Waals surface area contributed by atoms with E-state index >= 15 is 0 Å². The van der Waals surface area contributed by atoms with Crippen molar-refractivity contribution in [1.82, 2.24) is 10.2 Å². The van der Waals surface area contributed by atoms with E-state index in [0.717, 1.165) is 48.1 Å². The van der Waals surface area contributed by atoms with Crippen molar-refractivity contribution in [2.24, 2.45) is 0 Å². The van der Waals surface area contributed by atoms with Gasteiger partial charge in [0.05, 0.1) is 13.5 Å². The maximum absolute atomic E-state index is 13.9. The van der Waals surface area contributed by atoms with E-state index in [1.54, 1.807) is 24.1 Å². The van der Waals surface area contributed by atoms with Crippen LogP contribution in [0.1, 0.15) is 42.4 Å². The SMILES string of the molecule is COc1ccc(CC(=O)N(Cc2ccc(Cl)cc2Cl)[C@@H](Cc2ccccc2)C(=O)NC2CCCC2)cc1. The average molecular weight is 540 g/mol. The number of hydrogen-bond acceptors (Lipinski definition) is 3. The number of methoxy groups -OCH3 is 1. The molecule has 0 aromatic heterocycles. The van der Waals surface area contributed by atoms with E-state index in [9.17, 15) is 9.59 Å². The monoisotopic (exact) mass is 538 g/mol. The molecule has 0 bridgehead atoms. The zero-order chi connectivity index (χ0) is 26.2. The van der Waals surface area contributed by atoms with Gasteiger partial charge in [-0.3, -0.25) is 9.59 Å². The van der Waals surface area contributed by atoms with E-state index in [2.05, 4.69) is 5.32 Å². The lowest BCUT2D eigenvalue weighted by molar-refractivity contribution is -0.141. The molecule has 7 heteroatoms. The Balaban J connectivity index is 1.67. The van der Waals surface area contributed by atoms with Crippen molar-refractivity contribution in [2.45, 2.75) is 57.2 Å². The Kier molecular flexibility index (Phi) is 9.48. The molecule has 1 aliphatic carbocycles. The summed E-state index contributed by atoms with van der Waals surface area (Å²) in [5, 5.41) is 4.20. The molecule has 1 fully saturated rings. The van der Waals surface area contributed by atoms with Crippen LogP contribution in [0.3, 0.4) is 0 Å². The van der Waals surface area contributed by atoms with Crippen LogP contribution < -0.4 is 10.1 Å². The van der Waals surface area contributed by atoms with Crippen LogP contribution in [0, 0.1) is 0 Å². The van der Waals surface area contributed by atoms with E-state index in [0.29, 0.717) is 16.5 Å². The first-order valence-electron chi connectivity index (χ1n) is 12.6. The van der Waals surface area contributed by atoms with E-state index < -0.39 is 6.04 Å². The summed E-state index contributed by atoms with van der Waals surface area (Å²) in [7, 11) is 1.61. The highest BCUT2D eigenvalue weighted by molar-refractivity contribution is 6.35. The molecule has 0 saturated heterocycles. The molecule has 0 aliphatic heterocycles. The Morgan fingerprint density at radius 3 is 2.32 bits per heavy atom. The number of halogens is 2. The van der Waals surface area contributed by atoms with Crippen molar-refractivity contribution in [1.29, 1.82) is 0 Å². The predicted molar refractivity (Wildman–Crippen MR) is 148 cm³/mol. The van der Waals surface area contributed by atoms with Crippen molar-refractivity contribution in [3.63, 3.8) is 0 Å². The van der Waals surface area contributed by atoms with Crippen molar-refractivity contribution in [2.75, 3.05) is 7.11 Å². The maximum atomic E-state index is 13.9. The van der Waals surface area contributed by atoms with Gasteiger partial charge in [-0.1, -0.05) is 84.6 Å². The molecule has 1 saturated carbocycles. The predicted octanol–water partition coefficient (Wildman–Crippen LogP) is 6.24. The molecule has 0 radical (unpaired) electrons. The number of nitrogens with one attached hydrogen (secondary N) is 1. The van der Waals surface area contributed by atoms with Crippen molar-refractivity contribution < 1.29 is 14.3 Å². The minimum absolute atomic E-state index is 0.135. The molecule has 0 heterocycles. The molecule has 0 unspecified atom stereocenters. The summed E-state index contributed by atoms with van der Waals surface area (Å²) in [6.07, 6.45) is 4.69. The summed E-state index contributed by atoms with van der Waals surface area (Å²) >= 11 is 12.6. The minimum atomic E-state index is -0.694. The normalized spacial score (nSPS) is 14.2. The average Bonchev–Trinajstić information content (AvgIpc) is 3.41. The summed E-state index contributed by atoms with van der Waals surface area (Å²) in [5.74, 6) is 0.432. The Bertz CT molecular complexity index is 1200. The molecular weight excluding hydrogens is 507 g/mol. The maximum Gasteiger partial charge on any atom is 0.243 e. The van der Waals surface area contributed by atoms with Gasteiger partial charge in [0.25, 0.3) is 0 Å². The third kappa shape index (κ3) is 7.50. The first-order chi connectivity index (χ1) is 17.9. The molecule has 194 valence electrons. The van der Waals surface area contributed by atoms with Crippen LogP contribution in [0.5, 0.6) is 5.75 Å². The Morgan fingerprint density at radius 1 is 0.973 bits per heavy atom. The zero-order valence-electron chi connectivity index (χ0n) is 21.0. The fourth-order valence-corrected chi connectivity index (χ4v) is 5.24. The van der Waals surface area contributed by atoms with Crippen LogP contribution in [0.15, 0.2) is 72.8 Å². The second kappa shape index (κ2) is 13.0. The minimum Gasteiger partial charge on any atom is -0.497 e. The summed E-state index contributed by atoms with van der Waals surface area (Å²) in [5.41, 5.74) is 2.56. The topological polar surface area (TPSA) is 58.6 Å². The van der Waals surface area contributed by atoms with E-state index in [1.165, 1.54) is 0 Å². The molecule has 37 heavy (non-hydrogen) atoms. The fourth-order valence-electron chi connectivity index (χ4n) is 4.77. The number of carbonyl (C=O) groups is 2. The molecule has 4 rings (SSSR count). The lowest BCUT2D eigenvalue weighted by atomic mass is 10.0. The van der Waals surface area contributed by atoms with Gasteiger partial charge in [0.2, 0.25) is 11.8 Å². The van der Waals surface area contributed by atoms with Gasteiger partial charge in [0.1, 0.15) is 11.8 Å². The highest BCUT2D eigenvalue weighted by atomic mass is 35.5. The molecule has 1 atom stereocenters. The standard InChI is InChI=1S/C30H32Cl2N2O3/c1-37-26-15-11-22(12-16-26)18-29(35)34(20-23-13-14-24(31)19-27(23)32)28(17-21-7-3-2-4-8-21)30(36)33-25-9-5-6-10-25/h2-4,7-8,11-16,19,25,28H,5-6,9-10,17-18,20H2,1H3,(H,33,36)/t28-/m0/s1. The van der Waals surface area contributed by atoms with Crippen molar-refractivity contribution in [3.8, 4) is 5.75 Å². The zero-order valence-corrected chi connectivity index (χ0v) is 22.5. The number of amides is 2. The van der Waals surface area contributed by atoms with Crippen LogP contribution in [-0.2, 0) is 29.0 Å². The summed E-state index contributed by atoms with van der Waals surface area (Å²) in [6, 6.07) is 21.9. The van der Waals surface area contributed by atoms with E-state index in [1.807, 2.05) is 60.7 Å². The van der Waals surface area contributed by atoms with Gasteiger partial charge < -0.3 is 15.0 Å². The number of carbonyl (C=O) groups excluding carboxylic acids is 2. The first kappa shape index (κ1) is 27.0. The molecule has 1 N–H and O–H groups in total. The third-order valence-electron chi connectivity index (χ3n) is 6.84. The van der Waals surface area contributed by atoms with E-state index in [4.69, 9.17) is 27.9 Å². The van der Waals surface area contributed by atoms with Gasteiger partial charge in [-0.2, -0.15) is 0 Å². The smallest absolute Gasteiger partial charge is 0.243 e. The number of nitrogens with zero attached hydrogens (tertiary/aromatic N) is 1. The molecular formula is C30H32Cl2N2O3. The number of rotatable bonds is 10. The summed E-state index contributed by atoms with van der Waals surface area (Å²) in [6.45, 7) is 0.195. The summed E-state index contributed by atoms with van der Waals surface area (Å²) in [4.78, 5) is 29.3. The Labute approximate surface area is 228 Å². The van der Waals surface area contributed by atoms with E-state index in [-0.39, 0.29) is 30.8 Å². The van der Waals surface area contributed by atoms with Gasteiger partial charge >= 0.3 is 0 Å². The highest BCUT2D eigenvalue weighted by Crippen LogP contribution is 2.25. The van der Waals surface area contributed by atoms with Gasteiger partial charge in [0.15, 0.2) is 0 Å². The van der Waals surface area contributed by atoms with Gasteiger partial charge in [0, 0.05) is 29.1 Å². The van der Waals surface area contributed by atoms with Crippen LogP contribution in [-0.4, -0.2) is 35.9 Å². The van der Waals surface area contributed by atoms with Crippen LogP contribution in [0.4, 0.5) is 0 Å². The lowest BCUT2D eigenvalue weighted by Crippen LogP contribution is -2.52. The second-order valence-corrected chi connectivity index (χ2v) is 10.3. The number of benzene rings is 3. The third-order valence-corrected chi connectivity index (χ3v) is 7.43. The van der Waals surface area contributed by atoms with Crippen LogP contribution >= 0.6 is 23.2 Å². The van der Waals surface area contributed by atoms with Gasteiger partial charge in [-0.05, 0) is 53.8 Å². The Morgan fingerprint density at radius 2 is 1.68 bits per heavy atom. The fraction of sp³-hybridized carbons (Fsp3) is 0.333. The van der Waals surface area contributed by atoms with Crippen molar-refractivity contribution >= 4 is 35.0 Å². The second-order valence-electron chi connectivity index (χ2n) is 9.48. The highest BCUT2D eigenvalue weighted by Gasteiger charge is 2.32. The molecule has 5 nitrogen and oxygen atoms in total. The first-order valence-corrected chi connectivity index (χ1v) is 13.4. The molecule has 1 aliphatic rings.